The van der Waals surface area contributed by atoms with E-state index in [1.807, 2.05) is 18.2 Å². The highest BCUT2D eigenvalue weighted by Gasteiger charge is 2.08. The molecular weight excluding hydrogens is 204 g/mol. The van der Waals surface area contributed by atoms with Crippen LogP contribution in [-0.2, 0) is 11.2 Å². The van der Waals surface area contributed by atoms with E-state index < -0.39 is 0 Å². The molecule has 0 fully saturated rings. The lowest BCUT2D eigenvalue weighted by Gasteiger charge is -2.15. The van der Waals surface area contributed by atoms with Gasteiger partial charge in [-0.2, -0.15) is 0 Å². The first-order chi connectivity index (χ1) is 7.76. The van der Waals surface area contributed by atoms with Crippen molar-refractivity contribution >= 4 is 0 Å². The summed E-state index contributed by atoms with van der Waals surface area (Å²) in [5.41, 5.74) is 1.10. The van der Waals surface area contributed by atoms with Gasteiger partial charge in [-0.05, 0) is 30.5 Å². The number of aliphatic hydroxyl groups is 1. The molecule has 3 nitrogen and oxygen atoms in total. The first-order valence-electron chi connectivity index (χ1n) is 5.37. The Morgan fingerprint density at radius 3 is 2.56 bits per heavy atom. The molecule has 0 aliphatic rings. The Bertz CT molecular complexity index is 305. The molecule has 16 heavy (non-hydrogen) atoms. The zero-order valence-corrected chi connectivity index (χ0v) is 9.30. The van der Waals surface area contributed by atoms with E-state index in [9.17, 15) is 0 Å². The number of rotatable bonds is 7. The average Bonchev–Trinajstić information content (AvgIpc) is 2.29. The maximum atomic E-state index is 9.16. The van der Waals surface area contributed by atoms with Gasteiger partial charge in [-0.1, -0.05) is 18.2 Å². The van der Waals surface area contributed by atoms with Gasteiger partial charge >= 0.3 is 0 Å². The van der Waals surface area contributed by atoms with Crippen LogP contribution in [0.25, 0.3) is 0 Å². The summed E-state index contributed by atoms with van der Waals surface area (Å²) < 4.78 is 5.48. The molecule has 0 heterocycles. The molecule has 0 saturated heterocycles. The minimum atomic E-state index is 0.0310. The molecule has 1 aromatic rings. The Balaban J connectivity index is 2.52. The third-order valence-corrected chi connectivity index (χ3v) is 2.27. The monoisotopic (exact) mass is 222 g/mol. The molecule has 2 N–H and O–H groups in total. The molecule has 0 radical (unpaired) electrons. The van der Waals surface area contributed by atoms with Gasteiger partial charge in [-0.3, -0.25) is 0 Å². The summed E-state index contributed by atoms with van der Waals surface area (Å²) in [5, 5.41) is 17.9. The van der Waals surface area contributed by atoms with Crippen LogP contribution < -0.4 is 0 Å². The molecule has 0 aromatic heterocycles. The highest BCUT2D eigenvalue weighted by Crippen LogP contribution is 2.14. The van der Waals surface area contributed by atoms with E-state index in [2.05, 4.69) is 6.58 Å². The largest absolute Gasteiger partial charge is 0.508 e. The number of phenolic OH excluding ortho intramolecular Hbond substituents is 1. The number of aliphatic hydroxyl groups excluding tert-OH is 1. The lowest BCUT2D eigenvalue weighted by Crippen LogP contribution is -2.17. The fraction of sp³-hybridized carbons (Fsp3) is 0.385. The Morgan fingerprint density at radius 2 is 2.00 bits per heavy atom. The molecular formula is C13H18O3. The predicted molar refractivity (Wildman–Crippen MR) is 63.5 cm³/mol. The molecule has 0 bridgehead atoms. The van der Waals surface area contributed by atoms with Gasteiger partial charge in [0.05, 0.1) is 19.3 Å². The number of ether oxygens (including phenoxy) is 1. The lowest BCUT2D eigenvalue weighted by molar-refractivity contribution is 0.0308. The first-order valence-corrected chi connectivity index (χ1v) is 5.37. The van der Waals surface area contributed by atoms with Gasteiger partial charge in [0, 0.05) is 0 Å². The molecule has 3 heteroatoms. The van der Waals surface area contributed by atoms with Crippen LogP contribution in [-0.4, -0.2) is 29.5 Å². The standard InChI is InChI=1S/C13H18O3/c1-2-3-13(16-9-8-14)10-11-4-6-12(15)7-5-11/h2,4-7,13-15H,1,3,8-10H2. The van der Waals surface area contributed by atoms with Crippen LogP contribution in [0.4, 0.5) is 0 Å². The third-order valence-electron chi connectivity index (χ3n) is 2.27. The molecule has 0 amide bonds. The molecule has 1 rings (SSSR count). The highest BCUT2D eigenvalue weighted by atomic mass is 16.5. The van der Waals surface area contributed by atoms with E-state index in [1.54, 1.807) is 12.1 Å². The van der Waals surface area contributed by atoms with Gasteiger partial charge in [0.2, 0.25) is 0 Å². The summed E-state index contributed by atoms with van der Waals surface area (Å²) in [6.45, 7) is 4.06. The maximum absolute atomic E-state index is 9.16. The molecule has 0 aliphatic carbocycles. The van der Waals surface area contributed by atoms with Gasteiger partial charge in [-0.25, -0.2) is 0 Å². The van der Waals surface area contributed by atoms with Crippen molar-refractivity contribution in [1.82, 2.24) is 0 Å². The summed E-state index contributed by atoms with van der Waals surface area (Å²) in [6, 6.07) is 7.06. The summed E-state index contributed by atoms with van der Waals surface area (Å²) in [5.74, 6) is 0.264. The van der Waals surface area contributed by atoms with Crippen molar-refractivity contribution in [3.63, 3.8) is 0 Å². The molecule has 1 unspecified atom stereocenters. The molecule has 0 saturated carbocycles. The van der Waals surface area contributed by atoms with Crippen molar-refractivity contribution in [2.45, 2.75) is 18.9 Å². The third kappa shape index (κ3) is 4.47. The Hall–Kier alpha value is -1.32. The van der Waals surface area contributed by atoms with Gasteiger partial charge in [0.25, 0.3) is 0 Å². The topological polar surface area (TPSA) is 49.7 Å². The zero-order chi connectivity index (χ0) is 11.8. The average molecular weight is 222 g/mol. The van der Waals surface area contributed by atoms with Crippen molar-refractivity contribution in [2.75, 3.05) is 13.2 Å². The quantitative estimate of drug-likeness (QED) is 0.693. The maximum Gasteiger partial charge on any atom is 0.115 e. The van der Waals surface area contributed by atoms with Gasteiger partial charge in [0.15, 0.2) is 0 Å². The van der Waals surface area contributed by atoms with Crippen LogP contribution in [0, 0.1) is 0 Å². The SMILES string of the molecule is C=CCC(Cc1ccc(O)cc1)OCCO. The first kappa shape index (κ1) is 12.7. The van der Waals surface area contributed by atoms with Gasteiger partial charge in [0.1, 0.15) is 5.75 Å². The number of hydrogen-bond donors (Lipinski definition) is 2. The second-order valence-corrected chi connectivity index (χ2v) is 3.61. The summed E-state index contributed by atoms with van der Waals surface area (Å²) in [4.78, 5) is 0. The lowest BCUT2D eigenvalue weighted by atomic mass is 10.1. The summed E-state index contributed by atoms with van der Waals surface area (Å²) in [7, 11) is 0. The Kier molecular flexibility index (Phi) is 5.61. The fourth-order valence-electron chi connectivity index (χ4n) is 1.51. The van der Waals surface area contributed by atoms with Crippen LogP contribution in [0.3, 0.4) is 0 Å². The molecule has 1 aromatic carbocycles. The zero-order valence-electron chi connectivity index (χ0n) is 9.30. The molecule has 1 atom stereocenters. The smallest absolute Gasteiger partial charge is 0.115 e. The number of aromatic hydroxyl groups is 1. The Labute approximate surface area is 96.0 Å². The number of phenols is 1. The fourth-order valence-corrected chi connectivity index (χ4v) is 1.51. The van der Waals surface area contributed by atoms with E-state index >= 15 is 0 Å². The van der Waals surface area contributed by atoms with Crippen LogP contribution in [0.1, 0.15) is 12.0 Å². The number of benzene rings is 1. The normalized spacial score (nSPS) is 12.3. The van der Waals surface area contributed by atoms with E-state index in [-0.39, 0.29) is 18.5 Å². The van der Waals surface area contributed by atoms with Crippen molar-refractivity contribution in [3.05, 3.63) is 42.5 Å². The van der Waals surface area contributed by atoms with Crippen LogP contribution in [0.15, 0.2) is 36.9 Å². The van der Waals surface area contributed by atoms with Crippen LogP contribution >= 0.6 is 0 Å². The van der Waals surface area contributed by atoms with E-state index in [4.69, 9.17) is 14.9 Å². The van der Waals surface area contributed by atoms with Crippen molar-refractivity contribution in [1.29, 1.82) is 0 Å². The van der Waals surface area contributed by atoms with Crippen LogP contribution in [0.2, 0.25) is 0 Å². The minimum Gasteiger partial charge on any atom is -0.508 e. The molecule has 0 aliphatic heterocycles. The van der Waals surface area contributed by atoms with Gasteiger partial charge in [-0.15, -0.1) is 6.58 Å². The highest BCUT2D eigenvalue weighted by molar-refractivity contribution is 5.26. The summed E-state index contributed by atoms with van der Waals surface area (Å²) in [6.07, 6.45) is 3.35. The van der Waals surface area contributed by atoms with Crippen molar-refractivity contribution in [2.24, 2.45) is 0 Å². The van der Waals surface area contributed by atoms with Crippen LogP contribution in [0.5, 0.6) is 5.75 Å². The van der Waals surface area contributed by atoms with Crippen molar-refractivity contribution in [3.8, 4) is 5.75 Å². The molecule has 88 valence electrons. The molecule has 0 spiro atoms. The van der Waals surface area contributed by atoms with E-state index in [0.717, 1.165) is 18.4 Å². The number of hydrogen-bond acceptors (Lipinski definition) is 3. The second kappa shape index (κ2) is 7.04. The van der Waals surface area contributed by atoms with E-state index in [0.29, 0.717) is 6.61 Å². The van der Waals surface area contributed by atoms with E-state index in [1.165, 1.54) is 0 Å². The van der Waals surface area contributed by atoms with Gasteiger partial charge < -0.3 is 14.9 Å². The Morgan fingerprint density at radius 1 is 1.31 bits per heavy atom. The van der Waals surface area contributed by atoms with Crippen molar-refractivity contribution < 1.29 is 14.9 Å². The summed E-state index contributed by atoms with van der Waals surface area (Å²) >= 11 is 0. The predicted octanol–water partition coefficient (Wildman–Crippen LogP) is 1.89. The minimum absolute atomic E-state index is 0.0310. The second-order valence-electron chi connectivity index (χ2n) is 3.61.